The molecule has 0 saturated carbocycles. The number of esters is 2. The first-order chi connectivity index (χ1) is 28.6. The average molecular weight is 837 g/mol. The lowest BCUT2D eigenvalue weighted by molar-refractivity contribution is -0.887. The molecule has 2 unspecified atom stereocenters. The molecule has 8 heteroatoms. The van der Waals surface area contributed by atoms with Crippen LogP contribution in [-0.4, -0.2) is 80.6 Å². The molecule has 0 radical (unpaired) electrons. The van der Waals surface area contributed by atoms with Crippen LogP contribution in [0.25, 0.3) is 0 Å². The van der Waals surface area contributed by atoms with Gasteiger partial charge in [-0.2, -0.15) is 0 Å². The monoisotopic (exact) mass is 837 g/mol. The van der Waals surface area contributed by atoms with Crippen molar-refractivity contribution in [3.63, 3.8) is 0 Å². The molecule has 0 aromatic heterocycles. The number of carboxylic acids is 1. The Hall–Kier alpha value is -1.93. The fourth-order valence-electron chi connectivity index (χ4n) is 7.74. The highest BCUT2D eigenvalue weighted by atomic mass is 16.6. The standard InChI is InChI=1S/C51H97NO7/c1-6-8-10-12-14-16-18-20-22-24-26-27-29-31-33-35-37-39-41-49(53)58-46-47(45-57-44-43-48(51(55)56)52(3,4)5)59-50(54)42-40-38-36-34-32-30-28-25-23-21-19-17-15-13-11-9-7-2/h21,23,47-48H,6-20,22,24-46H2,1-5H3/p+1/b23-21-. The second kappa shape index (κ2) is 42.7. The molecule has 2 atom stereocenters. The van der Waals surface area contributed by atoms with Crippen molar-refractivity contribution in [2.24, 2.45) is 0 Å². The highest BCUT2D eigenvalue weighted by Crippen LogP contribution is 2.16. The summed E-state index contributed by atoms with van der Waals surface area (Å²) in [6.45, 7) is 4.77. The third-order valence-electron chi connectivity index (χ3n) is 11.7. The van der Waals surface area contributed by atoms with Crippen molar-refractivity contribution in [3.05, 3.63) is 12.2 Å². The summed E-state index contributed by atoms with van der Waals surface area (Å²) < 4.78 is 17.4. The van der Waals surface area contributed by atoms with Gasteiger partial charge in [-0.1, -0.05) is 199 Å². The number of ether oxygens (including phenoxy) is 3. The Morgan fingerprint density at radius 2 is 0.847 bits per heavy atom. The van der Waals surface area contributed by atoms with E-state index in [4.69, 9.17) is 14.2 Å². The van der Waals surface area contributed by atoms with E-state index in [0.717, 1.165) is 38.5 Å². The van der Waals surface area contributed by atoms with Gasteiger partial charge in [0.25, 0.3) is 0 Å². The Morgan fingerprint density at radius 3 is 1.22 bits per heavy atom. The van der Waals surface area contributed by atoms with Gasteiger partial charge in [-0.05, 0) is 38.5 Å². The number of carbonyl (C=O) groups is 3. The quantitative estimate of drug-likeness (QED) is 0.0282. The molecule has 0 amide bonds. The Morgan fingerprint density at radius 1 is 0.492 bits per heavy atom. The fraction of sp³-hybridized carbons (Fsp3) is 0.902. The molecule has 0 bridgehead atoms. The van der Waals surface area contributed by atoms with Gasteiger partial charge in [-0.3, -0.25) is 9.59 Å². The first-order valence-electron chi connectivity index (χ1n) is 25.2. The van der Waals surface area contributed by atoms with Crippen molar-refractivity contribution >= 4 is 17.9 Å². The number of aliphatic carboxylic acids is 1. The molecule has 1 N–H and O–H groups in total. The summed E-state index contributed by atoms with van der Waals surface area (Å²) in [7, 11) is 5.54. The number of rotatable bonds is 46. The molecular formula is C51H98NO7+. The van der Waals surface area contributed by atoms with E-state index < -0.39 is 18.1 Å². The van der Waals surface area contributed by atoms with Gasteiger partial charge in [0, 0.05) is 19.3 Å². The summed E-state index contributed by atoms with van der Waals surface area (Å²) in [6.07, 6.45) is 46.8. The largest absolute Gasteiger partial charge is 0.477 e. The van der Waals surface area contributed by atoms with Crippen molar-refractivity contribution in [3.8, 4) is 0 Å². The zero-order chi connectivity index (χ0) is 43.5. The van der Waals surface area contributed by atoms with E-state index in [-0.39, 0.29) is 36.2 Å². The van der Waals surface area contributed by atoms with E-state index in [1.165, 1.54) is 173 Å². The van der Waals surface area contributed by atoms with Crippen LogP contribution in [0.4, 0.5) is 0 Å². The van der Waals surface area contributed by atoms with E-state index in [1.54, 1.807) is 0 Å². The number of hydrogen-bond acceptors (Lipinski definition) is 6. The van der Waals surface area contributed by atoms with Gasteiger partial charge in [0.15, 0.2) is 12.1 Å². The van der Waals surface area contributed by atoms with Crippen molar-refractivity contribution < 1.29 is 38.2 Å². The molecule has 0 aliphatic rings. The van der Waals surface area contributed by atoms with Crippen molar-refractivity contribution in [2.75, 3.05) is 41.0 Å². The number of quaternary nitrogens is 1. The number of hydrogen-bond donors (Lipinski definition) is 1. The van der Waals surface area contributed by atoms with Crippen LogP contribution in [0.2, 0.25) is 0 Å². The average Bonchev–Trinajstić information content (AvgIpc) is 3.19. The van der Waals surface area contributed by atoms with Gasteiger partial charge < -0.3 is 23.8 Å². The second-order valence-corrected chi connectivity index (χ2v) is 18.4. The molecule has 348 valence electrons. The molecule has 8 nitrogen and oxygen atoms in total. The Labute approximate surface area is 365 Å². The van der Waals surface area contributed by atoms with Crippen molar-refractivity contribution in [1.82, 2.24) is 0 Å². The Kier molecular flexibility index (Phi) is 41.3. The Bertz CT molecular complexity index is 978. The third-order valence-corrected chi connectivity index (χ3v) is 11.7. The molecule has 0 fully saturated rings. The second-order valence-electron chi connectivity index (χ2n) is 18.4. The van der Waals surface area contributed by atoms with E-state index in [0.29, 0.717) is 19.3 Å². The van der Waals surface area contributed by atoms with Gasteiger partial charge in [0.2, 0.25) is 0 Å². The number of unbranched alkanes of at least 4 members (excludes halogenated alkanes) is 30. The molecule has 0 spiro atoms. The molecule has 0 aromatic carbocycles. The number of carbonyl (C=O) groups excluding carboxylic acids is 2. The van der Waals surface area contributed by atoms with Crippen LogP contribution in [0.1, 0.15) is 245 Å². The lowest BCUT2D eigenvalue weighted by Crippen LogP contribution is -2.50. The first-order valence-corrected chi connectivity index (χ1v) is 25.2. The first kappa shape index (κ1) is 57.1. The summed E-state index contributed by atoms with van der Waals surface area (Å²) in [5.41, 5.74) is 0. The minimum atomic E-state index is -0.871. The van der Waals surface area contributed by atoms with E-state index >= 15 is 0 Å². The molecule has 0 saturated heterocycles. The SMILES string of the molecule is CCCCCCCC/C=C\CCCCCCCCCC(=O)OC(COCCC(C(=O)O)[N+](C)(C)C)COC(=O)CCCCCCCCCCCCCCCCCCCC. The van der Waals surface area contributed by atoms with Gasteiger partial charge in [0.05, 0.1) is 34.4 Å². The zero-order valence-electron chi connectivity index (χ0n) is 39.7. The molecule has 0 heterocycles. The summed E-state index contributed by atoms with van der Waals surface area (Å²) in [5.74, 6) is -1.45. The van der Waals surface area contributed by atoms with E-state index in [1.807, 2.05) is 21.1 Å². The van der Waals surface area contributed by atoms with E-state index in [9.17, 15) is 19.5 Å². The predicted molar refractivity (Wildman–Crippen MR) is 248 cm³/mol. The topological polar surface area (TPSA) is 99.1 Å². The van der Waals surface area contributed by atoms with Gasteiger partial charge in [-0.25, -0.2) is 4.79 Å². The number of carboxylic acid groups (broad SMARTS) is 1. The third kappa shape index (κ3) is 41.2. The van der Waals surface area contributed by atoms with Crippen molar-refractivity contribution in [2.45, 2.75) is 257 Å². The van der Waals surface area contributed by atoms with Crippen LogP contribution in [0, 0.1) is 0 Å². The van der Waals surface area contributed by atoms with Crippen LogP contribution >= 0.6 is 0 Å². The maximum absolute atomic E-state index is 12.8. The Balaban J connectivity index is 4.23. The number of allylic oxidation sites excluding steroid dienone is 2. The summed E-state index contributed by atoms with van der Waals surface area (Å²) in [4.78, 5) is 37.1. The number of likely N-dealkylation sites (N-methyl/N-ethyl adjacent to an activating group) is 1. The maximum Gasteiger partial charge on any atom is 0.362 e. The van der Waals surface area contributed by atoms with Crippen LogP contribution in [0.3, 0.4) is 0 Å². The number of nitrogens with zero attached hydrogens (tertiary/aromatic N) is 1. The summed E-state index contributed by atoms with van der Waals surface area (Å²) in [5, 5.41) is 9.64. The van der Waals surface area contributed by atoms with Crippen LogP contribution in [0.5, 0.6) is 0 Å². The fourth-order valence-corrected chi connectivity index (χ4v) is 7.74. The molecular weight excluding hydrogens is 739 g/mol. The van der Waals surface area contributed by atoms with E-state index in [2.05, 4.69) is 26.0 Å². The normalized spacial score (nSPS) is 12.9. The molecule has 0 aliphatic carbocycles. The minimum Gasteiger partial charge on any atom is -0.477 e. The summed E-state index contributed by atoms with van der Waals surface area (Å²) >= 11 is 0. The van der Waals surface area contributed by atoms with Crippen LogP contribution in [0.15, 0.2) is 12.2 Å². The molecule has 0 aliphatic heterocycles. The van der Waals surface area contributed by atoms with Gasteiger partial charge in [-0.15, -0.1) is 0 Å². The van der Waals surface area contributed by atoms with Gasteiger partial charge in [0.1, 0.15) is 6.61 Å². The van der Waals surface area contributed by atoms with Crippen molar-refractivity contribution in [1.29, 1.82) is 0 Å². The van der Waals surface area contributed by atoms with Crippen LogP contribution < -0.4 is 0 Å². The smallest absolute Gasteiger partial charge is 0.362 e. The highest BCUT2D eigenvalue weighted by molar-refractivity contribution is 5.72. The lowest BCUT2D eigenvalue weighted by Gasteiger charge is -2.31. The van der Waals surface area contributed by atoms with Gasteiger partial charge >= 0.3 is 17.9 Å². The molecule has 0 aromatic rings. The zero-order valence-corrected chi connectivity index (χ0v) is 39.7. The lowest BCUT2D eigenvalue weighted by atomic mass is 10.0. The minimum absolute atomic E-state index is 0.0461. The summed E-state index contributed by atoms with van der Waals surface area (Å²) in [6, 6.07) is -0.611. The maximum atomic E-state index is 12.8. The van der Waals surface area contributed by atoms with Crippen LogP contribution in [-0.2, 0) is 28.6 Å². The molecule has 59 heavy (non-hydrogen) atoms. The molecule has 0 rings (SSSR count). The predicted octanol–water partition coefficient (Wildman–Crippen LogP) is 14.3. The highest BCUT2D eigenvalue weighted by Gasteiger charge is 2.31.